The number of carbonyl (C=O) groups excluding carboxylic acids is 2. The summed E-state index contributed by atoms with van der Waals surface area (Å²) in [5.41, 5.74) is 7.09. The van der Waals surface area contributed by atoms with Gasteiger partial charge in [0.15, 0.2) is 0 Å². The summed E-state index contributed by atoms with van der Waals surface area (Å²) < 4.78 is 0. The molecule has 0 aliphatic heterocycles. The molecule has 0 heterocycles. The third-order valence-corrected chi connectivity index (χ3v) is 3.61. The van der Waals surface area contributed by atoms with Gasteiger partial charge in [-0.2, -0.15) is 0 Å². The zero-order valence-corrected chi connectivity index (χ0v) is 15.7. The second kappa shape index (κ2) is 11.9. The van der Waals surface area contributed by atoms with Gasteiger partial charge in [-0.1, -0.05) is 27.2 Å². The standard InChI is InChI=1S/C18H29N3O2.ClH/c1-4-7-16(19)17(22)20-15-10-8-14(9-11-15)18(23)21(12-5-2)13-6-3;/h8-11,16H,4-7,12-13,19H2,1-3H3,(H,20,22);1H. The van der Waals surface area contributed by atoms with Gasteiger partial charge in [0.25, 0.3) is 5.91 Å². The number of amides is 2. The van der Waals surface area contributed by atoms with E-state index in [0.29, 0.717) is 17.7 Å². The molecule has 0 radical (unpaired) electrons. The molecule has 1 rings (SSSR count). The Balaban J connectivity index is 0.00000529. The van der Waals surface area contributed by atoms with Crippen molar-refractivity contribution in [3.63, 3.8) is 0 Å². The van der Waals surface area contributed by atoms with Gasteiger partial charge in [0.2, 0.25) is 5.91 Å². The Kier molecular flexibility index (Phi) is 11.1. The fourth-order valence-corrected chi connectivity index (χ4v) is 2.41. The Morgan fingerprint density at radius 2 is 1.58 bits per heavy atom. The molecule has 1 aromatic carbocycles. The summed E-state index contributed by atoms with van der Waals surface area (Å²) in [7, 11) is 0. The second-order valence-electron chi connectivity index (χ2n) is 5.75. The Hall–Kier alpha value is -1.59. The molecule has 3 N–H and O–H groups in total. The third-order valence-electron chi connectivity index (χ3n) is 3.61. The molecule has 0 aliphatic carbocycles. The molecule has 0 saturated heterocycles. The fourth-order valence-electron chi connectivity index (χ4n) is 2.41. The van der Waals surface area contributed by atoms with Gasteiger partial charge in [-0.25, -0.2) is 0 Å². The maximum absolute atomic E-state index is 12.5. The first kappa shape index (κ1) is 22.4. The van der Waals surface area contributed by atoms with Crippen LogP contribution < -0.4 is 11.1 Å². The lowest BCUT2D eigenvalue weighted by Crippen LogP contribution is -2.35. The zero-order valence-electron chi connectivity index (χ0n) is 14.9. The van der Waals surface area contributed by atoms with Crippen molar-refractivity contribution in [3.05, 3.63) is 29.8 Å². The molecule has 0 saturated carbocycles. The Morgan fingerprint density at radius 3 is 2.04 bits per heavy atom. The normalized spacial score (nSPS) is 11.3. The Morgan fingerprint density at radius 1 is 1.04 bits per heavy atom. The van der Waals surface area contributed by atoms with E-state index in [1.165, 1.54) is 0 Å². The molecule has 0 aromatic heterocycles. The largest absolute Gasteiger partial charge is 0.339 e. The summed E-state index contributed by atoms with van der Waals surface area (Å²) >= 11 is 0. The van der Waals surface area contributed by atoms with E-state index in [9.17, 15) is 9.59 Å². The van der Waals surface area contributed by atoms with Crippen LogP contribution in [0.1, 0.15) is 56.8 Å². The highest BCUT2D eigenvalue weighted by Gasteiger charge is 2.15. The summed E-state index contributed by atoms with van der Waals surface area (Å²) in [6.07, 6.45) is 3.41. The molecule has 0 fully saturated rings. The lowest BCUT2D eigenvalue weighted by atomic mass is 10.1. The Labute approximate surface area is 151 Å². The predicted molar refractivity (Wildman–Crippen MR) is 102 cm³/mol. The molecule has 24 heavy (non-hydrogen) atoms. The Bertz CT molecular complexity index is 499. The summed E-state index contributed by atoms with van der Waals surface area (Å²) in [5.74, 6) is -0.154. The van der Waals surface area contributed by atoms with Gasteiger partial charge in [-0.15, -0.1) is 12.4 Å². The van der Waals surface area contributed by atoms with Gasteiger partial charge in [-0.05, 0) is 43.5 Å². The monoisotopic (exact) mass is 355 g/mol. The smallest absolute Gasteiger partial charge is 0.253 e. The van der Waals surface area contributed by atoms with Gasteiger partial charge in [-0.3, -0.25) is 9.59 Å². The predicted octanol–water partition coefficient (Wildman–Crippen LogP) is 3.44. The van der Waals surface area contributed by atoms with Crippen LogP contribution in [0.5, 0.6) is 0 Å². The van der Waals surface area contributed by atoms with Crippen LogP contribution >= 0.6 is 12.4 Å². The van der Waals surface area contributed by atoms with Crippen molar-refractivity contribution in [1.29, 1.82) is 0 Å². The molecular weight excluding hydrogens is 326 g/mol. The molecule has 5 nitrogen and oxygen atoms in total. The van der Waals surface area contributed by atoms with Gasteiger partial charge >= 0.3 is 0 Å². The number of halogens is 1. The minimum atomic E-state index is -0.495. The number of nitrogens with two attached hydrogens (primary N) is 1. The number of hydrogen-bond acceptors (Lipinski definition) is 3. The average molecular weight is 356 g/mol. The number of hydrogen-bond donors (Lipinski definition) is 2. The van der Waals surface area contributed by atoms with E-state index in [1.807, 2.05) is 11.8 Å². The van der Waals surface area contributed by atoms with Crippen LogP contribution in [-0.4, -0.2) is 35.8 Å². The maximum atomic E-state index is 12.5. The number of nitrogens with zero attached hydrogens (tertiary/aromatic N) is 1. The summed E-state index contributed by atoms with van der Waals surface area (Å²) in [6, 6.07) is 6.51. The fraction of sp³-hybridized carbons (Fsp3) is 0.556. The minimum absolute atomic E-state index is 0. The molecule has 1 unspecified atom stereocenters. The van der Waals surface area contributed by atoms with Crippen LogP contribution in [0.15, 0.2) is 24.3 Å². The molecule has 136 valence electrons. The number of benzene rings is 1. The lowest BCUT2D eigenvalue weighted by Gasteiger charge is -2.21. The van der Waals surface area contributed by atoms with Crippen LogP contribution in [0.2, 0.25) is 0 Å². The van der Waals surface area contributed by atoms with Crippen LogP contribution in [0.4, 0.5) is 5.69 Å². The van der Waals surface area contributed by atoms with Crippen molar-refractivity contribution in [1.82, 2.24) is 4.90 Å². The number of anilines is 1. The van der Waals surface area contributed by atoms with Crippen molar-refractivity contribution < 1.29 is 9.59 Å². The van der Waals surface area contributed by atoms with Gasteiger partial charge in [0.05, 0.1) is 6.04 Å². The van der Waals surface area contributed by atoms with E-state index in [4.69, 9.17) is 5.73 Å². The van der Waals surface area contributed by atoms with Gasteiger partial charge in [0, 0.05) is 24.3 Å². The van der Waals surface area contributed by atoms with E-state index in [0.717, 1.165) is 32.4 Å². The van der Waals surface area contributed by atoms with E-state index in [-0.39, 0.29) is 24.2 Å². The maximum Gasteiger partial charge on any atom is 0.253 e. The number of carbonyl (C=O) groups is 2. The second-order valence-corrected chi connectivity index (χ2v) is 5.75. The van der Waals surface area contributed by atoms with Crippen LogP contribution in [-0.2, 0) is 4.79 Å². The molecular formula is C18H30ClN3O2. The van der Waals surface area contributed by atoms with Crippen molar-refractivity contribution >= 4 is 29.9 Å². The first-order valence-electron chi connectivity index (χ1n) is 8.49. The highest BCUT2D eigenvalue weighted by atomic mass is 35.5. The molecule has 0 spiro atoms. The van der Waals surface area contributed by atoms with Crippen molar-refractivity contribution in [2.45, 2.75) is 52.5 Å². The number of nitrogens with one attached hydrogen (secondary N) is 1. The number of rotatable bonds is 9. The molecule has 6 heteroatoms. The SMILES string of the molecule is CCCC(N)C(=O)Nc1ccc(C(=O)N(CCC)CCC)cc1.Cl. The van der Waals surface area contributed by atoms with Crippen molar-refractivity contribution in [2.75, 3.05) is 18.4 Å². The average Bonchev–Trinajstić information content (AvgIpc) is 2.55. The molecule has 0 aliphatic rings. The van der Waals surface area contributed by atoms with Gasteiger partial charge in [0.1, 0.15) is 0 Å². The molecule has 0 bridgehead atoms. The van der Waals surface area contributed by atoms with Crippen LogP contribution in [0, 0.1) is 0 Å². The lowest BCUT2D eigenvalue weighted by molar-refractivity contribution is -0.117. The van der Waals surface area contributed by atoms with Crippen LogP contribution in [0.3, 0.4) is 0 Å². The highest BCUT2D eigenvalue weighted by Crippen LogP contribution is 2.13. The zero-order chi connectivity index (χ0) is 17.2. The first-order valence-corrected chi connectivity index (χ1v) is 8.49. The molecule has 1 aromatic rings. The van der Waals surface area contributed by atoms with E-state index < -0.39 is 6.04 Å². The highest BCUT2D eigenvalue weighted by molar-refractivity contribution is 5.97. The molecule has 2 amide bonds. The molecule has 1 atom stereocenters. The first-order chi connectivity index (χ1) is 11.0. The summed E-state index contributed by atoms with van der Waals surface area (Å²) in [4.78, 5) is 26.2. The summed E-state index contributed by atoms with van der Waals surface area (Å²) in [5, 5.41) is 2.78. The van der Waals surface area contributed by atoms with Crippen molar-refractivity contribution in [3.8, 4) is 0 Å². The quantitative estimate of drug-likeness (QED) is 0.712. The van der Waals surface area contributed by atoms with Crippen molar-refractivity contribution in [2.24, 2.45) is 5.73 Å². The topological polar surface area (TPSA) is 75.4 Å². The van der Waals surface area contributed by atoms with E-state index in [2.05, 4.69) is 19.2 Å². The minimum Gasteiger partial charge on any atom is -0.339 e. The van der Waals surface area contributed by atoms with Gasteiger partial charge < -0.3 is 16.0 Å². The third kappa shape index (κ3) is 6.89. The van der Waals surface area contributed by atoms with E-state index in [1.54, 1.807) is 24.3 Å². The van der Waals surface area contributed by atoms with E-state index >= 15 is 0 Å². The van der Waals surface area contributed by atoms with Crippen LogP contribution in [0.25, 0.3) is 0 Å². The summed E-state index contributed by atoms with van der Waals surface area (Å²) in [6.45, 7) is 7.64.